The highest BCUT2D eigenvalue weighted by molar-refractivity contribution is 5.78. The van der Waals surface area contributed by atoms with Crippen LogP contribution in [0.2, 0.25) is 0 Å². The number of hydrogen-bond donors (Lipinski definition) is 0. The van der Waals surface area contributed by atoms with E-state index in [1.807, 2.05) is 4.90 Å². The zero-order valence-electron chi connectivity index (χ0n) is 15.5. The van der Waals surface area contributed by atoms with Crippen LogP contribution in [0.4, 0.5) is 0 Å². The van der Waals surface area contributed by atoms with Crippen molar-refractivity contribution in [1.29, 1.82) is 0 Å². The van der Waals surface area contributed by atoms with Crippen LogP contribution < -0.4 is 0 Å². The first-order valence-electron chi connectivity index (χ1n) is 9.37. The zero-order valence-corrected chi connectivity index (χ0v) is 15.5. The van der Waals surface area contributed by atoms with E-state index >= 15 is 0 Å². The molecule has 1 aromatic heterocycles. The molecular formula is C21H25N3O2. The van der Waals surface area contributed by atoms with Gasteiger partial charge in [0.15, 0.2) is 0 Å². The quantitative estimate of drug-likeness (QED) is 0.621. The van der Waals surface area contributed by atoms with Gasteiger partial charge in [-0.2, -0.15) is 5.10 Å². The van der Waals surface area contributed by atoms with Gasteiger partial charge in [0.2, 0.25) is 6.41 Å². The fourth-order valence-corrected chi connectivity index (χ4v) is 3.97. The largest absolute Gasteiger partial charge is 0.379 e. The Morgan fingerprint density at radius 3 is 2.92 bits per heavy atom. The monoisotopic (exact) mass is 351 g/mol. The Labute approximate surface area is 154 Å². The molecule has 1 amide bonds. The number of fused-ring (bicyclic) bond motifs is 1. The van der Waals surface area contributed by atoms with Gasteiger partial charge in [-0.05, 0) is 20.3 Å². The molecule has 0 spiro atoms. The fraction of sp³-hybridized carbons (Fsp3) is 0.524. The molecule has 1 aliphatic carbocycles. The lowest BCUT2D eigenvalue weighted by atomic mass is 9.94. The van der Waals surface area contributed by atoms with E-state index < -0.39 is 0 Å². The first kappa shape index (κ1) is 17.1. The lowest BCUT2D eigenvalue weighted by molar-refractivity contribution is -0.118. The van der Waals surface area contributed by atoms with Crippen molar-refractivity contribution in [3.05, 3.63) is 34.2 Å². The summed E-state index contributed by atoms with van der Waals surface area (Å²) in [6.07, 6.45) is 6.62. The van der Waals surface area contributed by atoms with Crippen molar-refractivity contribution in [2.75, 3.05) is 19.8 Å². The lowest BCUT2D eigenvalue weighted by Gasteiger charge is -2.25. The first-order valence-corrected chi connectivity index (χ1v) is 9.37. The van der Waals surface area contributed by atoms with E-state index in [1.165, 1.54) is 28.0 Å². The summed E-state index contributed by atoms with van der Waals surface area (Å²) in [6, 6.07) is 0.305. The summed E-state index contributed by atoms with van der Waals surface area (Å²) in [5, 5.41) is 5.07. The van der Waals surface area contributed by atoms with Gasteiger partial charge in [-0.15, -0.1) is 0 Å². The Bertz CT molecular complexity index is 845. The summed E-state index contributed by atoms with van der Waals surface area (Å²) in [7, 11) is 0. The Kier molecular flexibility index (Phi) is 4.69. The molecule has 3 aliphatic rings. The maximum atomic E-state index is 11.4. The van der Waals surface area contributed by atoms with Crippen LogP contribution in [-0.2, 0) is 22.5 Å². The Morgan fingerprint density at radius 2 is 2.15 bits per heavy atom. The number of allylic oxidation sites excluding steroid dienone is 4. The van der Waals surface area contributed by atoms with Crippen LogP contribution in [0.1, 0.15) is 56.1 Å². The van der Waals surface area contributed by atoms with E-state index in [1.54, 1.807) is 0 Å². The van der Waals surface area contributed by atoms with Crippen LogP contribution in [0.25, 0.3) is 5.57 Å². The summed E-state index contributed by atoms with van der Waals surface area (Å²) in [5.74, 6) is 6.48. The minimum atomic E-state index is 0.305. The van der Waals surface area contributed by atoms with Gasteiger partial charge in [-0.25, -0.2) is 0 Å². The minimum absolute atomic E-state index is 0.305. The molecule has 2 aliphatic heterocycles. The molecule has 0 N–H and O–H groups in total. The summed E-state index contributed by atoms with van der Waals surface area (Å²) < 4.78 is 7.79. The summed E-state index contributed by atoms with van der Waals surface area (Å²) in [4.78, 5) is 13.2. The Morgan fingerprint density at radius 1 is 1.31 bits per heavy atom. The molecule has 0 saturated carbocycles. The van der Waals surface area contributed by atoms with Gasteiger partial charge < -0.3 is 9.64 Å². The van der Waals surface area contributed by atoms with Crippen LogP contribution in [0.3, 0.4) is 0 Å². The van der Waals surface area contributed by atoms with Crippen LogP contribution >= 0.6 is 0 Å². The molecule has 0 radical (unpaired) electrons. The maximum absolute atomic E-state index is 11.4. The molecule has 1 saturated heterocycles. The highest BCUT2D eigenvalue weighted by Crippen LogP contribution is 2.34. The maximum Gasteiger partial charge on any atom is 0.210 e. The molecular weight excluding hydrogens is 326 g/mol. The molecule has 1 aromatic rings. The molecule has 0 aromatic carbocycles. The van der Waals surface area contributed by atoms with E-state index in [-0.39, 0.29) is 0 Å². The van der Waals surface area contributed by atoms with Crippen LogP contribution in [0, 0.1) is 11.8 Å². The van der Waals surface area contributed by atoms with Crippen molar-refractivity contribution in [2.24, 2.45) is 0 Å². The molecule has 3 heterocycles. The molecule has 136 valence electrons. The Hall–Kier alpha value is -2.32. The predicted molar refractivity (Wildman–Crippen MR) is 100 cm³/mol. The second-order valence-electron chi connectivity index (χ2n) is 7.45. The van der Waals surface area contributed by atoms with Gasteiger partial charge in [0.1, 0.15) is 0 Å². The van der Waals surface area contributed by atoms with Crippen LogP contribution in [-0.4, -0.2) is 40.8 Å². The second kappa shape index (κ2) is 7.13. The zero-order chi connectivity index (χ0) is 18.1. The average molecular weight is 351 g/mol. The molecule has 1 atom stereocenters. The molecule has 1 unspecified atom stereocenters. The summed E-state index contributed by atoms with van der Waals surface area (Å²) in [6.45, 7) is 7.18. The van der Waals surface area contributed by atoms with Gasteiger partial charge in [-0.1, -0.05) is 29.1 Å². The third kappa shape index (κ3) is 3.10. The number of carbonyl (C=O) groups is 1. The van der Waals surface area contributed by atoms with E-state index in [0.717, 1.165) is 57.5 Å². The first-order chi connectivity index (χ1) is 12.7. The molecule has 1 fully saturated rings. The van der Waals surface area contributed by atoms with Crippen LogP contribution in [0.5, 0.6) is 0 Å². The summed E-state index contributed by atoms with van der Waals surface area (Å²) >= 11 is 0. The smallest absolute Gasteiger partial charge is 0.210 e. The SMILES string of the molecule is C/C1=C/C(c2nn(C3CCOC3)c3c2CN(C=O)CC3)=C(/C)CC#CC1. The van der Waals surface area contributed by atoms with Crippen molar-refractivity contribution in [1.82, 2.24) is 14.7 Å². The van der Waals surface area contributed by atoms with Gasteiger partial charge >= 0.3 is 0 Å². The molecule has 5 nitrogen and oxygen atoms in total. The van der Waals surface area contributed by atoms with Crippen molar-refractivity contribution in [2.45, 2.75) is 52.1 Å². The minimum Gasteiger partial charge on any atom is -0.379 e. The molecule has 4 rings (SSSR count). The number of amides is 1. The van der Waals surface area contributed by atoms with E-state index in [9.17, 15) is 4.79 Å². The standard InChI is InChI=1S/C21H25N3O2/c1-15-5-3-4-6-16(2)18(11-15)21-19-12-23(14-25)9-7-20(19)24(22-21)17-8-10-26-13-17/h11,14,17H,5-10,12-13H2,1-2H3/b15-11-,18-16+. The third-order valence-corrected chi connectivity index (χ3v) is 5.47. The number of rotatable bonds is 3. The number of hydrogen-bond acceptors (Lipinski definition) is 3. The van der Waals surface area contributed by atoms with Gasteiger partial charge in [0.05, 0.1) is 18.3 Å². The van der Waals surface area contributed by atoms with Gasteiger partial charge in [0.25, 0.3) is 0 Å². The van der Waals surface area contributed by atoms with Crippen molar-refractivity contribution >= 4 is 12.0 Å². The highest BCUT2D eigenvalue weighted by atomic mass is 16.5. The van der Waals surface area contributed by atoms with Crippen LogP contribution in [0.15, 0.2) is 17.2 Å². The van der Waals surface area contributed by atoms with Crippen molar-refractivity contribution in [3.63, 3.8) is 0 Å². The molecule has 5 heteroatoms. The average Bonchev–Trinajstić information content (AvgIpc) is 3.29. The number of ether oxygens (including phenoxy) is 1. The molecule has 0 bridgehead atoms. The number of aromatic nitrogens is 2. The van der Waals surface area contributed by atoms with E-state index in [0.29, 0.717) is 12.6 Å². The third-order valence-electron chi connectivity index (χ3n) is 5.47. The topological polar surface area (TPSA) is 47.4 Å². The number of carbonyl (C=O) groups excluding carboxylic acids is 1. The second-order valence-corrected chi connectivity index (χ2v) is 7.45. The van der Waals surface area contributed by atoms with Gasteiger partial charge in [-0.3, -0.25) is 9.48 Å². The highest BCUT2D eigenvalue weighted by Gasteiger charge is 2.30. The summed E-state index contributed by atoms with van der Waals surface area (Å²) in [5.41, 5.74) is 7.17. The lowest BCUT2D eigenvalue weighted by Crippen LogP contribution is -2.30. The van der Waals surface area contributed by atoms with Gasteiger partial charge in [0, 0.05) is 55.8 Å². The van der Waals surface area contributed by atoms with Crippen molar-refractivity contribution in [3.8, 4) is 11.8 Å². The fourth-order valence-electron chi connectivity index (χ4n) is 3.97. The predicted octanol–water partition coefficient (Wildman–Crippen LogP) is 2.88. The number of nitrogens with zero attached hydrogens (tertiary/aromatic N) is 3. The van der Waals surface area contributed by atoms with Crippen molar-refractivity contribution < 1.29 is 9.53 Å². The normalized spacial score (nSPS) is 27.7. The Balaban J connectivity index is 1.85. The van der Waals surface area contributed by atoms with E-state index in [4.69, 9.17) is 9.84 Å². The van der Waals surface area contributed by atoms with E-state index in [2.05, 4.69) is 36.4 Å². The molecule has 26 heavy (non-hydrogen) atoms.